The van der Waals surface area contributed by atoms with Crippen molar-refractivity contribution in [1.29, 1.82) is 0 Å². The number of benzene rings is 1. The smallest absolute Gasteiger partial charge is 0.319 e. The number of esters is 2. The second-order valence-electron chi connectivity index (χ2n) is 6.08. The summed E-state index contributed by atoms with van der Waals surface area (Å²) in [6, 6.07) is 9.39. The van der Waals surface area contributed by atoms with Crippen LogP contribution in [0.2, 0.25) is 0 Å². The Morgan fingerprint density at radius 2 is 1.88 bits per heavy atom. The van der Waals surface area contributed by atoms with E-state index >= 15 is 0 Å². The van der Waals surface area contributed by atoms with Gasteiger partial charge in [-0.15, -0.1) is 0 Å². The van der Waals surface area contributed by atoms with E-state index in [1.54, 1.807) is 6.92 Å². The Morgan fingerprint density at radius 3 is 2.54 bits per heavy atom. The largest absolute Gasteiger partial charge is 0.465 e. The zero-order valence-corrected chi connectivity index (χ0v) is 14.1. The fourth-order valence-electron chi connectivity index (χ4n) is 3.07. The van der Waals surface area contributed by atoms with Gasteiger partial charge in [0, 0.05) is 12.8 Å². The quantitative estimate of drug-likeness (QED) is 0.566. The van der Waals surface area contributed by atoms with Crippen LogP contribution in [0.3, 0.4) is 0 Å². The van der Waals surface area contributed by atoms with Gasteiger partial charge in [-0.05, 0) is 31.7 Å². The van der Waals surface area contributed by atoms with Gasteiger partial charge in [0.25, 0.3) is 0 Å². The molecule has 1 aliphatic carbocycles. The summed E-state index contributed by atoms with van der Waals surface area (Å²) in [4.78, 5) is 36.7. The lowest BCUT2D eigenvalue weighted by atomic mass is 9.70. The number of ketones is 1. The molecule has 1 fully saturated rings. The molecule has 0 N–H and O–H groups in total. The molecule has 0 aliphatic heterocycles. The zero-order chi connectivity index (χ0) is 17.4. The van der Waals surface area contributed by atoms with Gasteiger partial charge in [-0.2, -0.15) is 0 Å². The molecule has 1 atom stereocenters. The van der Waals surface area contributed by atoms with Crippen molar-refractivity contribution >= 4 is 17.7 Å². The average Bonchev–Trinajstić information content (AvgIpc) is 2.60. The topological polar surface area (TPSA) is 69.7 Å². The van der Waals surface area contributed by atoms with Gasteiger partial charge in [-0.1, -0.05) is 36.8 Å². The minimum Gasteiger partial charge on any atom is -0.465 e. The van der Waals surface area contributed by atoms with Crippen molar-refractivity contribution in [3.8, 4) is 0 Å². The minimum absolute atomic E-state index is 0.0391. The van der Waals surface area contributed by atoms with Gasteiger partial charge in [-0.25, -0.2) is 0 Å². The molecule has 0 heterocycles. The van der Waals surface area contributed by atoms with Crippen LogP contribution in [-0.4, -0.2) is 24.3 Å². The first-order chi connectivity index (χ1) is 11.6. The Kier molecular flexibility index (Phi) is 6.53. The highest BCUT2D eigenvalue weighted by atomic mass is 16.5. The lowest BCUT2D eigenvalue weighted by Crippen LogP contribution is -2.43. The molecule has 1 saturated carbocycles. The van der Waals surface area contributed by atoms with Gasteiger partial charge in [-0.3, -0.25) is 14.4 Å². The number of ether oxygens (including phenoxy) is 2. The molecule has 1 unspecified atom stereocenters. The molecule has 130 valence electrons. The maximum Gasteiger partial charge on any atom is 0.319 e. The van der Waals surface area contributed by atoms with Gasteiger partial charge >= 0.3 is 11.9 Å². The van der Waals surface area contributed by atoms with Crippen LogP contribution in [0.1, 0.15) is 51.0 Å². The number of hydrogen-bond donors (Lipinski definition) is 0. The third-order valence-corrected chi connectivity index (χ3v) is 4.46. The van der Waals surface area contributed by atoms with Crippen molar-refractivity contribution in [3.63, 3.8) is 0 Å². The van der Waals surface area contributed by atoms with Crippen molar-refractivity contribution in [1.82, 2.24) is 0 Å². The highest BCUT2D eigenvalue weighted by Gasteiger charge is 2.47. The maximum atomic E-state index is 12.4. The minimum atomic E-state index is -1.17. The summed E-state index contributed by atoms with van der Waals surface area (Å²) in [6.45, 7) is 2.14. The predicted molar refractivity (Wildman–Crippen MR) is 88.0 cm³/mol. The monoisotopic (exact) mass is 332 g/mol. The van der Waals surface area contributed by atoms with Crippen LogP contribution in [0.25, 0.3) is 0 Å². The van der Waals surface area contributed by atoms with E-state index in [1.807, 2.05) is 30.3 Å². The predicted octanol–water partition coefficient (Wildman–Crippen LogP) is 3.20. The molecule has 1 aliphatic rings. The highest BCUT2D eigenvalue weighted by molar-refractivity contribution is 6.04. The van der Waals surface area contributed by atoms with Crippen LogP contribution in [-0.2, 0) is 30.5 Å². The second-order valence-corrected chi connectivity index (χ2v) is 6.08. The molecule has 0 aromatic heterocycles. The van der Waals surface area contributed by atoms with Crippen LogP contribution in [0.4, 0.5) is 0 Å². The van der Waals surface area contributed by atoms with E-state index in [1.165, 1.54) is 0 Å². The van der Waals surface area contributed by atoms with E-state index < -0.39 is 17.4 Å². The highest BCUT2D eigenvalue weighted by Crippen LogP contribution is 2.39. The first kappa shape index (κ1) is 18.2. The van der Waals surface area contributed by atoms with E-state index in [0.29, 0.717) is 12.8 Å². The standard InChI is InChI=1S/C19H24O5/c1-2-23-18(22)19(12-7-6-10-16(19)20)13-11-17(21)24-14-15-8-4-3-5-9-15/h3-5,8-9H,2,6-7,10-14H2,1H3. The van der Waals surface area contributed by atoms with Crippen LogP contribution in [0.5, 0.6) is 0 Å². The van der Waals surface area contributed by atoms with Crippen molar-refractivity contribution in [2.45, 2.75) is 52.1 Å². The van der Waals surface area contributed by atoms with Gasteiger partial charge in [0.1, 0.15) is 17.8 Å². The van der Waals surface area contributed by atoms with Crippen molar-refractivity contribution in [2.24, 2.45) is 5.41 Å². The van der Waals surface area contributed by atoms with Crippen molar-refractivity contribution in [3.05, 3.63) is 35.9 Å². The molecule has 0 saturated heterocycles. The van der Waals surface area contributed by atoms with E-state index in [-0.39, 0.29) is 31.8 Å². The number of carbonyl (C=O) groups is 3. The van der Waals surface area contributed by atoms with Crippen LogP contribution < -0.4 is 0 Å². The van der Waals surface area contributed by atoms with E-state index in [9.17, 15) is 14.4 Å². The molecule has 0 spiro atoms. The maximum absolute atomic E-state index is 12.4. The Hall–Kier alpha value is -2.17. The van der Waals surface area contributed by atoms with Crippen LogP contribution >= 0.6 is 0 Å². The molecule has 1 aromatic carbocycles. The molecule has 0 radical (unpaired) electrons. The summed E-state index contributed by atoms with van der Waals surface area (Å²) in [7, 11) is 0. The molecule has 5 nitrogen and oxygen atoms in total. The first-order valence-electron chi connectivity index (χ1n) is 8.48. The second kappa shape index (κ2) is 8.62. The average molecular weight is 332 g/mol. The van der Waals surface area contributed by atoms with Gasteiger partial charge in [0.15, 0.2) is 0 Å². The molecule has 2 rings (SSSR count). The Balaban J connectivity index is 1.93. The molecule has 0 amide bonds. The van der Waals surface area contributed by atoms with E-state index in [2.05, 4.69) is 0 Å². The normalized spacial score (nSPS) is 20.5. The number of rotatable bonds is 7. The lowest BCUT2D eigenvalue weighted by molar-refractivity contribution is -0.163. The summed E-state index contributed by atoms with van der Waals surface area (Å²) in [5.74, 6) is -1.01. The summed E-state index contributed by atoms with van der Waals surface area (Å²) in [6.07, 6.45) is 2.62. The summed E-state index contributed by atoms with van der Waals surface area (Å²) in [5, 5.41) is 0. The SMILES string of the molecule is CCOC(=O)C1(CCC(=O)OCc2ccccc2)CCCCC1=O. The van der Waals surface area contributed by atoms with Crippen LogP contribution in [0, 0.1) is 5.41 Å². The van der Waals surface area contributed by atoms with Crippen molar-refractivity contribution < 1.29 is 23.9 Å². The van der Waals surface area contributed by atoms with Gasteiger partial charge in [0.05, 0.1) is 6.61 Å². The molecule has 1 aromatic rings. The zero-order valence-electron chi connectivity index (χ0n) is 14.1. The number of carbonyl (C=O) groups excluding carboxylic acids is 3. The van der Waals surface area contributed by atoms with Gasteiger partial charge in [0.2, 0.25) is 0 Å². The Bertz CT molecular complexity index is 581. The summed E-state index contributed by atoms with van der Waals surface area (Å²) in [5.41, 5.74) is -0.264. The molecule has 0 bridgehead atoms. The third kappa shape index (κ3) is 4.43. The molecular formula is C19H24O5. The number of hydrogen-bond acceptors (Lipinski definition) is 5. The van der Waals surface area contributed by atoms with E-state index in [0.717, 1.165) is 18.4 Å². The van der Waals surface area contributed by atoms with E-state index in [4.69, 9.17) is 9.47 Å². The Morgan fingerprint density at radius 1 is 1.12 bits per heavy atom. The molecule has 5 heteroatoms. The fourth-order valence-corrected chi connectivity index (χ4v) is 3.07. The van der Waals surface area contributed by atoms with Gasteiger partial charge < -0.3 is 9.47 Å². The summed E-state index contributed by atoms with van der Waals surface area (Å²) >= 11 is 0. The van der Waals surface area contributed by atoms with Crippen molar-refractivity contribution in [2.75, 3.05) is 6.61 Å². The Labute approximate surface area is 142 Å². The fraction of sp³-hybridized carbons (Fsp3) is 0.526. The third-order valence-electron chi connectivity index (χ3n) is 4.46. The molecular weight excluding hydrogens is 308 g/mol. The lowest BCUT2D eigenvalue weighted by Gasteiger charge is -2.33. The molecule has 24 heavy (non-hydrogen) atoms. The summed E-state index contributed by atoms with van der Waals surface area (Å²) < 4.78 is 10.3. The number of Topliss-reactive ketones (excluding diaryl/α,β-unsaturated/α-hetero) is 1. The first-order valence-corrected chi connectivity index (χ1v) is 8.48. The van der Waals surface area contributed by atoms with Crippen LogP contribution in [0.15, 0.2) is 30.3 Å².